The third-order valence-electron chi connectivity index (χ3n) is 2.65. The van der Waals surface area contributed by atoms with Crippen LogP contribution in [-0.4, -0.2) is 5.75 Å². The largest absolute Gasteiger partial charge is 0.326 e. The van der Waals surface area contributed by atoms with Gasteiger partial charge in [0, 0.05) is 21.2 Å². The number of halogens is 1. The Kier molecular flexibility index (Phi) is 5.64. The van der Waals surface area contributed by atoms with Crippen LogP contribution in [0, 0.1) is 0 Å². The maximum Gasteiger partial charge on any atom is 0.0545 e. The number of rotatable bonds is 5. The molecule has 0 saturated heterocycles. The first-order valence-corrected chi connectivity index (χ1v) is 8.31. The first-order chi connectivity index (χ1) is 9.26. The van der Waals surface area contributed by atoms with Gasteiger partial charge in [0.05, 0.1) is 5.02 Å². The van der Waals surface area contributed by atoms with Gasteiger partial charge in [0.1, 0.15) is 0 Å². The summed E-state index contributed by atoms with van der Waals surface area (Å²) >= 11 is 9.72. The van der Waals surface area contributed by atoms with Gasteiger partial charge in [0.2, 0.25) is 0 Å². The topological polar surface area (TPSA) is 26.0 Å². The Hall–Kier alpha value is -0.610. The number of hydrogen-bond donors (Lipinski definition) is 1. The lowest BCUT2D eigenvalue weighted by atomic mass is 10.2. The molecule has 0 heterocycles. The summed E-state index contributed by atoms with van der Waals surface area (Å²) < 4.78 is 0. The van der Waals surface area contributed by atoms with E-state index in [1.165, 1.54) is 15.4 Å². The average molecular weight is 310 g/mol. The quantitative estimate of drug-likeness (QED) is 0.782. The van der Waals surface area contributed by atoms with Gasteiger partial charge in [0.15, 0.2) is 0 Å². The number of benzene rings is 2. The zero-order valence-electron chi connectivity index (χ0n) is 10.7. The molecule has 0 radical (unpaired) electrons. The Morgan fingerprint density at radius 2 is 1.68 bits per heavy atom. The Morgan fingerprint density at radius 3 is 2.37 bits per heavy atom. The number of nitrogens with two attached hydrogens (primary N) is 1. The van der Waals surface area contributed by atoms with Crippen LogP contribution in [-0.2, 0) is 6.54 Å². The minimum atomic E-state index is 0.552. The van der Waals surface area contributed by atoms with Crippen LogP contribution in [0.2, 0.25) is 5.02 Å². The van der Waals surface area contributed by atoms with Crippen LogP contribution >= 0.6 is 35.1 Å². The van der Waals surface area contributed by atoms with E-state index in [1.807, 2.05) is 36.0 Å². The fourth-order valence-corrected chi connectivity index (χ4v) is 3.96. The average Bonchev–Trinajstić information content (AvgIpc) is 2.42. The van der Waals surface area contributed by atoms with E-state index in [0.29, 0.717) is 6.54 Å². The Bertz CT molecular complexity index is 558. The van der Waals surface area contributed by atoms with Crippen molar-refractivity contribution in [2.24, 2.45) is 5.73 Å². The van der Waals surface area contributed by atoms with Gasteiger partial charge < -0.3 is 5.73 Å². The van der Waals surface area contributed by atoms with Crippen LogP contribution in [0.1, 0.15) is 12.5 Å². The molecule has 0 aliphatic heterocycles. The number of thioether (sulfide) groups is 1. The van der Waals surface area contributed by atoms with E-state index < -0.39 is 0 Å². The third-order valence-corrected chi connectivity index (χ3v) is 5.25. The highest BCUT2D eigenvalue weighted by Gasteiger charge is 2.09. The van der Waals surface area contributed by atoms with Crippen molar-refractivity contribution in [2.75, 3.05) is 5.75 Å². The molecule has 2 aromatic carbocycles. The van der Waals surface area contributed by atoms with E-state index in [4.69, 9.17) is 17.3 Å². The van der Waals surface area contributed by atoms with Crippen LogP contribution in [0.3, 0.4) is 0 Å². The summed E-state index contributed by atoms with van der Waals surface area (Å²) in [5.41, 5.74) is 7.12. The molecule has 0 fully saturated rings. The molecular formula is C15H16ClNS2. The monoisotopic (exact) mass is 309 g/mol. The van der Waals surface area contributed by atoms with Gasteiger partial charge in [0.25, 0.3) is 0 Å². The van der Waals surface area contributed by atoms with Gasteiger partial charge in [-0.1, -0.05) is 48.5 Å². The van der Waals surface area contributed by atoms with Gasteiger partial charge in [-0.2, -0.15) is 0 Å². The maximum atomic E-state index is 6.21. The van der Waals surface area contributed by atoms with Crippen LogP contribution in [0.5, 0.6) is 0 Å². The van der Waals surface area contributed by atoms with Crippen molar-refractivity contribution >= 4 is 35.1 Å². The van der Waals surface area contributed by atoms with Crippen molar-refractivity contribution in [1.29, 1.82) is 0 Å². The van der Waals surface area contributed by atoms with Gasteiger partial charge >= 0.3 is 0 Å². The van der Waals surface area contributed by atoms with Crippen LogP contribution in [0.15, 0.2) is 57.2 Å². The van der Waals surface area contributed by atoms with Crippen LogP contribution in [0.4, 0.5) is 0 Å². The molecule has 0 atom stereocenters. The first kappa shape index (κ1) is 14.8. The summed E-state index contributed by atoms with van der Waals surface area (Å²) in [7, 11) is 0. The van der Waals surface area contributed by atoms with E-state index in [-0.39, 0.29) is 0 Å². The molecule has 2 aromatic rings. The lowest BCUT2D eigenvalue weighted by Gasteiger charge is -2.12. The molecule has 0 unspecified atom stereocenters. The molecule has 100 valence electrons. The standard InChI is InChI=1S/C15H16ClNS2/c1-2-18-13-8-5-9-14(11(13)10-17)19-15-7-4-3-6-12(15)16/h3-9H,2,10,17H2,1H3. The van der Waals surface area contributed by atoms with Crippen molar-refractivity contribution in [1.82, 2.24) is 0 Å². The highest BCUT2D eigenvalue weighted by atomic mass is 35.5. The maximum absolute atomic E-state index is 6.21. The smallest absolute Gasteiger partial charge is 0.0545 e. The van der Waals surface area contributed by atoms with E-state index >= 15 is 0 Å². The molecule has 0 aliphatic carbocycles. The van der Waals surface area contributed by atoms with Gasteiger partial charge in [-0.25, -0.2) is 0 Å². The second-order valence-corrected chi connectivity index (χ2v) is 6.70. The summed E-state index contributed by atoms with van der Waals surface area (Å²) in [5, 5.41) is 0.781. The van der Waals surface area contributed by atoms with Gasteiger partial charge in [-0.05, 0) is 35.6 Å². The molecule has 0 aliphatic rings. The molecule has 0 saturated carbocycles. The van der Waals surface area contributed by atoms with Gasteiger partial charge in [-0.15, -0.1) is 11.8 Å². The second kappa shape index (κ2) is 7.25. The van der Waals surface area contributed by atoms with E-state index in [0.717, 1.165) is 15.7 Å². The van der Waals surface area contributed by atoms with E-state index in [9.17, 15) is 0 Å². The van der Waals surface area contributed by atoms with Crippen molar-refractivity contribution in [3.05, 3.63) is 53.1 Å². The Labute approximate surface area is 127 Å². The van der Waals surface area contributed by atoms with Crippen LogP contribution in [0.25, 0.3) is 0 Å². The number of hydrogen-bond acceptors (Lipinski definition) is 3. The lowest BCUT2D eigenvalue weighted by molar-refractivity contribution is 0.980. The van der Waals surface area contributed by atoms with Crippen molar-refractivity contribution in [3.63, 3.8) is 0 Å². The molecule has 2 N–H and O–H groups in total. The molecular weight excluding hydrogens is 294 g/mol. The Morgan fingerprint density at radius 1 is 1.00 bits per heavy atom. The highest BCUT2D eigenvalue weighted by molar-refractivity contribution is 8.00. The summed E-state index contributed by atoms with van der Waals surface area (Å²) in [4.78, 5) is 3.52. The predicted octanol–water partition coefficient (Wildman–Crippen LogP) is 5.06. The minimum Gasteiger partial charge on any atom is -0.326 e. The third kappa shape index (κ3) is 3.69. The molecule has 1 nitrogen and oxygen atoms in total. The molecule has 0 amide bonds. The minimum absolute atomic E-state index is 0.552. The molecule has 2 rings (SSSR count). The molecule has 19 heavy (non-hydrogen) atoms. The van der Waals surface area contributed by atoms with E-state index in [1.54, 1.807) is 11.8 Å². The molecule has 0 spiro atoms. The van der Waals surface area contributed by atoms with Gasteiger partial charge in [-0.3, -0.25) is 0 Å². The van der Waals surface area contributed by atoms with Crippen LogP contribution < -0.4 is 5.73 Å². The fraction of sp³-hybridized carbons (Fsp3) is 0.200. The highest BCUT2D eigenvalue weighted by Crippen LogP contribution is 2.37. The second-order valence-electron chi connectivity index (χ2n) is 3.90. The molecule has 4 heteroatoms. The zero-order chi connectivity index (χ0) is 13.7. The predicted molar refractivity (Wildman–Crippen MR) is 86.3 cm³/mol. The summed E-state index contributed by atoms with van der Waals surface area (Å²) in [5.74, 6) is 1.05. The molecule has 0 bridgehead atoms. The van der Waals surface area contributed by atoms with Crippen molar-refractivity contribution < 1.29 is 0 Å². The first-order valence-electron chi connectivity index (χ1n) is 6.13. The zero-order valence-corrected chi connectivity index (χ0v) is 13.1. The Balaban J connectivity index is 2.35. The summed E-state index contributed by atoms with van der Waals surface area (Å²) in [6.07, 6.45) is 0. The van der Waals surface area contributed by atoms with Crippen molar-refractivity contribution in [2.45, 2.75) is 28.2 Å². The SMILES string of the molecule is CCSc1cccc(Sc2ccccc2Cl)c1CN. The van der Waals surface area contributed by atoms with E-state index in [2.05, 4.69) is 25.1 Å². The fourth-order valence-electron chi connectivity index (χ4n) is 1.78. The molecule has 0 aromatic heterocycles. The van der Waals surface area contributed by atoms with Crippen molar-refractivity contribution in [3.8, 4) is 0 Å². The summed E-state index contributed by atoms with van der Waals surface area (Å²) in [6.45, 7) is 2.70. The summed E-state index contributed by atoms with van der Waals surface area (Å²) in [6, 6.07) is 14.2. The lowest BCUT2D eigenvalue weighted by Crippen LogP contribution is -2.00. The normalized spacial score (nSPS) is 10.7.